The molecule has 1 N–H and O–H groups in total. The van der Waals surface area contributed by atoms with Gasteiger partial charge in [0.05, 0.1) is 28.3 Å². The fourth-order valence-corrected chi connectivity index (χ4v) is 6.12. The van der Waals surface area contributed by atoms with Crippen molar-refractivity contribution in [2.75, 3.05) is 0 Å². The molecule has 252 valence electrons. The molecule has 0 radical (unpaired) electrons. The topological polar surface area (TPSA) is 107 Å². The largest absolute Gasteiger partial charge is 0.474 e. The first-order chi connectivity index (χ1) is 20.4. The normalized spacial score (nSPS) is 14.5. The van der Waals surface area contributed by atoms with Crippen molar-refractivity contribution in [2.45, 2.75) is 131 Å². The molecular weight excluding hydrogens is 586 g/mol. The molecule has 3 aromatic rings. The monoisotopic (exact) mass is 643 g/mol. The van der Waals surface area contributed by atoms with Gasteiger partial charge in [-0.1, -0.05) is 71.2 Å². The number of carbonyl (C=O) groups excluding carboxylic acids is 1. The number of nitrogens with zero attached hydrogens (tertiary/aromatic N) is 2. The van der Waals surface area contributed by atoms with Crippen LogP contribution in [0.2, 0.25) is 0 Å². The molecule has 2 saturated carbocycles. The summed E-state index contributed by atoms with van der Waals surface area (Å²) in [5.41, 5.74) is 4.02. The van der Waals surface area contributed by atoms with Crippen molar-refractivity contribution in [3.05, 3.63) is 65.9 Å². The van der Waals surface area contributed by atoms with Crippen LogP contribution in [0, 0.1) is 5.92 Å². The van der Waals surface area contributed by atoms with Crippen molar-refractivity contribution < 1.29 is 22.7 Å². The maximum Gasteiger partial charge on any atom is 0.308 e. The van der Waals surface area contributed by atoms with E-state index in [1.807, 2.05) is 71.9 Å². The number of esters is 1. The Morgan fingerprint density at radius 1 is 0.822 bits per heavy atom. The molecule has 5 rings (SSSR count). The summed E-state index contributed by atoms with van der Waals surface area (Å²) in [6.45, 7) is 11.4. The van der Waals surface area contributed by atoms with E-state index in [-0.39, 0.29) is 50.2 Å². The summed E-state index contributed by atoms with van der Waals surface area (Å²) >= 11 is 0. The van der Waals surface area contributed by atoms with E-state index in [9.17, 15) is 13.2 Å². The second-order valence-electron chi connectivity index (χ2n) is 12.1. The summed E-state index contributed by atoms with van der Waals surface area (Å²) < 4.78 is 35.8. The number of para-hydroxylation sites is 2. The number of hydrogen-bond donors (Lipinski definition) is 1. The van der Waals surface area contributed by atoms with Crippen LogP contribution < -0.4 is 9.46 Å². The molecule has 0 atom stereocenters. The van der Waals surface area contributed by atoms with Gasteiger partial charge in [-0.15, -0.1) is 0 Å². The lowest BCUT2D eigenvalue weighted by atomic mass is 10.1. The Balaban J connectivity index is 0.000000372. The number of sulfonamides is 1. The van der Waals surface area contributed by atoms with Gasteiger partial charge in [0.2, 0.25) is 15.9 Å². The predicted octanol–water partition coefficient (Wildman–Crippen LogP) is 8.08. The number of aryl methyl sites for hydroxylation is 2. The zero-order valence-corrected chi connectivity index (χ0v) is 27.4. The summed E-state index contributed by atoms with van der Waals surface area (Å²) in [4.78, 5) is 20.5. The van der Waals surface area contributed by atoms with Crippen LogP contribution in [0.25, 0.3) is 11.0 Å². The first-order valence-corrected chi connectivity index (χ1v) is 17.2. The summed E-state index contributed by atoms with van der Waals surface area (Å²) in [7, 11) is -2.94. The molecule has 0 unspecified atom stereocenters. The van der Waals surface area contributed by atoms with E-state index in [2.05, 4.69) is 34.0 Å². The van der Waals surface area contributed by atoms with E-state index in [1.165, 1.54) is 18.4 Å². The molecule has 0 aliphatic heterocycles. The van der Waals surface area contributed by atoms with E-state index >= 15 is 0 Å². The highest BCUT2D eigenvalue weighted by Crippen LogP contribution is 2.27. The Labute approximate surface area is 272 Å². The van der Waals surface area contributed by atoms with E-state index in [4.69, 9.17) is 14.5 Å². The van der Waals surface area contributed by atoms with Crippen molar-refractivity contribution in [1.82, 2.24) is 14.7 Å². The van der Waals surface area contributed by atoms with E-state index in [0.29, 0.717) is 5.88 Å². The standard InChI is InChI=1S/C19H20N2O.C9H16O2.C6H13NO2S.2CH4/c1-14(2)22-19-18(13-12-15-8-4-3-5-9-15)20-16-10-6-7-11-17(16)21-19;1-7(2)9(10)11-8-5-3-4-6-8;1-5(2)7-10(8,9)6-3-4-6;;/h3-11,14H,12-13H2,1-2H3;7-8H,3-6H2,1-2H3;5-7H,3-4H2,1-2H3;2*1H4. The number of benzene rings is 2. The summed E-state index contributed by atoms with van der Waals surface area (Å²) in [5.74, 6) is 0.636. The van der Waals surface area contributed by atoms with Gasteiger partial charge in [-0.3, -0.25) is 4.79 Å². The van der Waals surface area contributed by atoms with Crippen LogP contribution in [0.1, 0.15) is 106 Å². The molecule has 2 fully saturated rings. The third-order valence-electron chi connectivity index (χ3n) is 6.87. The van der Waals surface area contributed by atoms with Gasteiger partial charge in [0, 0.05) is 6.04 Å². The third-order valence-corrected chi connectivity index (χ3v) is 9.02. The third kappa shape index (κ3) is 14.3. The van der Waals surface area contributed by atoms with E-state index in [1.54, 1.807) is 0 Å². The van der Waals surface area contributed by atoms with Crippen molar-refractivity contribution in [3.63, 3.8) is 0 Å². The van der Waals surface area contributed by atoms with Crippen molar-refractivity contribution in [2.24, 2.45) is 5.92 Å². The molecule has 9 heteroatoms. The lowest BCUT2D eigenvalue weighted by molar-refractivity contribution is -0.152. The van der Waals surface area contributed by atoms with Crippen molar-refractivity contribution in [1.29, 1.82) is 0 Å². The number of rotatable bonds is 10. The van der Waals surface area contributed by atoms with Crippen LogP contribution in [0.5, 0.6) is 5.88 Å². The molecule has 0 spiro atoms. The number of aromatic nitrogens is 2. The second kappa shape index (κ2) is 19.5. The molecule has 8 nitrogen and oxygen atoms in total. The van der Waals surface area contributed by atoms with Crippen LogP contribution in [-0.2, 0) is 32.4 Å². The Morgan fingerprint density at radius 2 is 1.38 bits per heavy atom. The van der Waals surface area contributed by atoms with E-state index in [0.717, 1.165) is 55.3 Å². The molecular formula is C36H57N3O5S. The van der Waals surface area contributed by atoms with Crippen LogP contribution >= 0.6 is 0 Å². The van der Waals surface area contributed by atoms with Crippen LogP contribution in [0.3, 0.4) is 0 Å². The molecule has 2 aromatic carbocycles. The lowest BCUT2D eigenvalue weighted by Crippen LogP contribution is -2.32. The van der Waals surface area contributed by atoms with Gasteiger partial charge in [0.15, 0.2) is 0 Å². The van der Waals surface area contributed by atoms with Crippen LogP contribution in [-0.4, -0.2) is 47.9 Å². The highest BCUT2D eigenvalue weighted by atomic mass is 32.2. The number of nitrogens with one attached hydrogen (secondary N) is 1. The minimum Gasteiger partial charge on any atom is -0.474 e. The van der Waals surface area contributed by atoms with Crippen molar-refractivity contribution in [3.8, 4) is 5.88 Å². The molecule has 2 aliphatic carbocycles. The average Bonchev–Trinajstić information content (AvgIpc) is 3.71. The Hall–Kier alpha value is -3.04. The zero-order chi connectivity index (χ0) is 31.4. The smallest absolute Gasteiger partial charge is 0.308 e. The Bertz CT molecular complexity index is 1380. The van der Waals surface area contributed by atoms with Gasteiger partial charge >= 0.3 is 5.97 Å². The Morgan fingerprint density at radius 3 is 1.89 bits per heavy atom. The average molecular weight is 644 g/mol. The fraction of sp³-hybridized carbons (Fsp3) is 0.583. The summed E-state index contributed by atoms with van der Waals surface area (Å²) in [6.07, 6.45) is 8.31. The van der Waals surface area contributed by atoms with Crippen molar-refractivity contribution >= 4 is 27.0 Å². The van der Waals surface area contributed by atoms with Gasteiger partial charge in [-0.25, -0.2) is 23.1 Å². The van der Waals surface area contributed by atoms with Gasteiger partial charge in [-0.05, 0) is 96.8 Å². The number of carbonyl (C=O) groups is 1. The van der Waals surface area contributed by atoms with Gasteiger partial charge in [0.25, 0.3) is 0 Å². The predicted molar refractivity (Wildman–Crippen MR) is 186 cm³/mol. The summed E-state index contributed by atoms with van der Waals surface area (Å²) in [6, 6.07) is 18.4. The zero-order valence-electron chi connectivity index (χ0n) is 26.6. The number of ether oxygens (including phenoxy) is 2. The van der Waals surface area contributed by atoms with Gasteiger partial charge < -0.3 is 9.47 Å². The summed E-state index contributed by atoms with van der Waals surface area (Å²) in [5, 5.41) is -0.0881. The van der Waals surface area contributed by atoms with Gasteiger partial charge in [-0.2, -0.15) is 0 Å². The molecule has 45 heavy (non-hydrogen) atoms. The molecule has 0 saturated heterocycles. The Kier molecular flexibility index (Phi) is 17.3. The first kappa shape index (κ1) is 40.0. The maximum atomic E-state index is 11.1. The van der Waals surface area contributed by atoms with Gasteiger partial charge in [0.1, 0.15) is 11.8 Å². The quantitative estimate of drug-likeness (QED) is 0.223. The fourth-order valence-electron chi connectivity index (χ4n) is 4.52. The van der Waals surface area contributed by atoms with E-state index < -0.39 is 10.0 Å². The second-order valence-corrected chi connectivity index (χ2v) is 14.1. The minimum absolute atomic E-state index is 0. The molecule has 0 amide bonds. The van der Waals surface area contributed by atoms with Crippen LogP contribution in [0.15, 0.2) is 54.6 Å². The SMILES string of the molecule is C.C.CC(C)C(=O)OC1CCCC1.CC(C)NS(=O)(=O)C1CC1.CC(C)Oc1nc2ccccc2nc1CCc1ccccc1. The lowest BCUT2D eigenvalue weighted by Gasteiger charge is -2.13. The van der Waals surface area contributed by atoms with Crippen LogP contribution in [0.4, 0.5) is 0 Å². The molecule has 0 bridgehead atoms. The molecule has 2 aliphatic rings. The maximum absolute atomic E-state index is 11.1. The highest BCUT2D eigenvalue weighted by molar-refractivity contribution is 7.90. The molecule has 1 aromatic heterocycles. The highest BCUT2D eigenvalue weighted by Gasteiger charge is 2.35. The number of fused-ring (bicyclic) bond motifs is 1. The number of hydrogen-bond acceptors (Lipinski definition) is 7. The first-order valence-electron chi connectivity index (χ1n) is 15.6. The minimum atomic E-state index is -2.94. The molecule has 1 heterocycles.